The Morgan fingerprint density at radius 2 is 1.80 bits per heavy atom. The molecule has 0 aromatic rings. The molecule has 20 heavy (non-hydrogen) atoms. The summed E-state index contributed by atoms with van der Waals surface area (Å²) in [6.07, 6.45) is 5.39. The van der Waals surface area contributed by atoms with E-state index >= 15 is 0 Å². The van der Waals surface area contributed by atoms with Gasteiger partial charge in [-0.1, -0.05) is 6.92 Å². The van der Waals surface area contributed by atoms with Crippen LogP contribution >= 0.6 is 0 Å². The third-order valence-corrected chi connectivity index (χ3v) is 4.29. The molecule has 5 nitrogen and oxygen atoms in total. The highest BCUT2D eigenvalue weighted by atomic mass is 16.4. The molecule has 1 heterocycles. The zero-order chi connectivity index (χ0) is 14.5. The molecule has 0 radical (unpaired) electrons. The van der Waals surface area contributed by atoms with E-state index in [9.17, 15) is 9.59 Å². The van der Waals surface area contributed by atoms with Crippen LogP contribution in [-0.2, 0) is 4.79 Å². The van der Waals surface area contributed by atoms with E-state index in [1.807, 2.05) is 9.80 Å². The summed E-state index contributed by atoms with van der Waals surface area (Å²) in [5.41, 5.74) is 0. The number of nitrogens with zero attached hydrogens (tertiary/aromatic N) is 2. The van der Waals surface area contributed by atoms with E-state index in [2.05, 4.69) is 6.92 Å². The Labute approximate surface area is 120 Å². The molecule has 1 N–H and O–H groups in total. The number of carbonyl (C=O) groups excluding carboxylic acids is 1. The van der Waals surface area contributed by atoms with Gasteiger partial charge in [0, 0.05) is 32.6 Å². The van der Waals surface area contributed by atoms with E-state index in [0.717, 1.165) is 38.3 Å². The lowest BCUT2D eigenvalue weighted by Gasteiger charge is -2.35. The summed E-state index contributed by atoms with van der Waals surface area (Å²) < 4.78 is 0. The van der Waals surface area contributed by atoms with Crippen molar-refractivity contribution in [1.29, 1.82) is 0 Å². The van der Waals surface area contributed by atoms with Gasteiger partial charge in [-0.25, -0.2) is 4.79 Å². The minimum absolute atomic E-state index is 0.160. The van der Waals surface area contributed by atoms with E-state index in [0.29, 0.717) is 13.1 Å². The molecule has 0 bridgehead atoms. The highest BCUT2D eigenvalue weighted by Crippen LogP contribution is 2.30. The van der Waals surface area contributed by atoms with Crippen molar-refractivity contribution >= 4 is 12.0 Å². The summed E-state index contributed by atoms with van der Waals surface area (Å²) in [6, 6.07) is 0.160. The third-order valence-electron chi connectivity index (χ3n) is 4.29. The summed E-state index contributed by atoms with van der Waals surface area (Å²) in [7, 11) is 0. The molecule has 0 aromatic carbocycles. The monoisotopic (exact) mass is 282 g/mol. The molecular formula is C15H26N2O3. The topological polar surface area (TPSA) is 60.9 Å². The maximum atomic E-state index is 12.5. The normalized spacial score (nSPS) is 19.9. The van der Waals surface area contributed by atoms with Crippen molar-refractivity contribution in [1.82, 2.24) is 9.80 Å². The Bertz CT molecular complexity index is 347. The molecule has 2 aliphatic rings. The summed E-state index contributed by atoms with van der Waals surface area (Å²) in [5, 5.41) is 8.82. The summed E-state index contributed by atoms with van der Waals surface area (Å²) in [6.45, 7) is 5.27. The molecule has 1 aliphatic carbocycles. The lowest BCUT2D eigenvalue weighted by Crippen LogP contribution is -2.47. The molecular weight excluding hydrogens is 256 g/mol. The number of likely N-dealkylation sites (tertiary alicyclic amines) is 1. The average molecular weight is 282 g/mol. The van der Waals surface area contributed by atoms with Crippen molar-refractivity contribution in [3.05, 3.63) is 0 Å². The molecule has 1 aliphatic heterocycles. The summed E-state index contributed by atoms with van der Waals surface area (Å²) >= 11 is 0. The number of amides is 2. The second-order valence-corrected chi connectivity index (χ2v) is 6.20. The van der Waals surface area contributed by atoms with E-state index in [1.165, 1.54) is 12.8 Å². The molecule has 0 aromatic heterocycles. The van der Waals surface area contributed by atoms with E-state index in [4.69, 9.17) is 5.11 Å². The molecule has 0 spiro atoms. The number of hydrogen-bond acceptors (Lipinski definition) is 2. The highest BCUT2D eigenvalue weighted by molar-refractivity contribution is 5.74. The van der Waals surface area contributed by atoms with Crippen molar-refractivity contribution in [3.63, 3.8) is 0 Å². The van der Waals surface area contributed by atoms with Crippen molar-refractivity contribution in [3.8, 4) is 0 Å². The lowest BCUT2D eigenvalue weighted by molar-refractivity contribution is -0.138. The molecule has 114 valence electrons. The quantitative estimate of drug-likeness (QED) is 0.814. The molecule has 5 heteroatoms. The first-order valence-corrected chi connectivity index (χ1v) is 7.85. The number of urea groups is 1. The molecule has 0 atom stereocenters. The Morgan fingerprint density at radius 1 is 1.15 bits per heavy atom. The van der Waals surface area contributed by atoms with Crippen molar-refractivity contribution < 1.29 is 14.7 Å². The van der Waals surface area contributed by atoms with Gasteiger partial charge in [0.15, 0.2) is 0 Å². The standard InChI is InChI=1S/C15H26N2O3/c1-2-7-17(11-13-3-4-13)15(20)16-8-5-12(6-9-16)10-14(18)19/h12-13H,2-11H2,1H3,(H,18,19). The summed E-state index contributed by atoms with van der Waals surface area (Å²) in [4.78, 5) is 27.1. The van der Waals surface area contributed by atoms with Gasteiger partial charge in [0.25, 0.3) is 0 Å². The van der Waals surface area contributed by atoms with Crippen LogP contribution in [0.15, 0.2) is 0 Å². The number of carbonyl (C=O) groups is 2. The third kappa shape index (κ3) is 4.39. The Hall–Kier alpha value is -1.26. The van der Waals surface area contributed by atoms with Gasteiger partial charge >= 0.3 is 12.0 Å². The number of carboxylic acids is 1. The summed E-state index contributed by atoms with van der Waals surface area (Å²) in [5.74, 6) is 0.228. The minimum atomic E-state index is -0.726. The predicted octanol–water partition coefficient (Wildman–Crippen LogP) is 2.42. The van der Waals surface area contributed by atoms with Gasteiger partial charge in [0.2, 0.25) is 0 Å². The molecule has 1 saturated heterocycles. The van der Waals surface area contributed by atoms with Gasteiger partial charge in [-0.2, -0.15) is 0 Å². The molecule has 2 rings (SSSR count). The lowest BCUT2D eigenvalue weighted by atomic mass is 9.94. The Balaban J connectivity index is 1.80. The van der Waals surface area contributed by atoms with E-state index in [1.54, 1.807) is 0 Å². The first-order chi connectivity index (χ1) is 9.60. The van der Waals surface area contributed by atoms with Gasteiger partial charge in [0.1, 0.15) is 0 Å². The van der Waals surface area contributed by atoms with Crippen LogP contribution in [0.4, 0.5) is 4.79 Å². The first kappa shape index (κ1) is 15.1. The first-order valence-electron chi connectivity index (χ1n) is 7.85. The van der Waals surface area contributed by atoms with E-state index in [-0.39, 0.29) is 18.4 Å². The zero-order valence-electron chi connectivity index (χ0n) is 12.4. The average Bonchev–Trinajstić information content (AvgIpc) is 3.22. The minimum Gasteiger partial charge on any atom is -0.481 e. The largest absolute Gasteiger partial charge is 0.481 e. The number of hydrogen-bond donors (Lipinski definition) is 1. The number of piperidine rings is 1. The van der Waals surface area contributed by atoms with Crippen molar-refractivity contribution in [2.24, 2.45) is 11.8 Å². The Morgan fingerprint density at radius 3 is 2.30 bits per heavy atom. The zero-order valence-corrected chi connectivity index (χ0v) is 12.4. The van der Waals surface area contributed by atoms with Crippen LogP contribution in [0.25, 0.3) is 0 Å². The van der Waals surface area contributed by atoms with Crippen LogP contribution in [0, 0.1) is 11.8 Å². The number of rotatable bonds is 6. The van der Waals surface area contributed by atoms with E-state index < -0.39 is 5.97 Å². The van der Waals surface area contributed by atoms with Crippen LogP contribution in [0.1, 0.15) is 45.4 Å². The van der Waals surface area contributed by atoms with Gasteiger partial charge in [0.05, 0.1) is 0 Å². The smallest absolute Gasteiger partial charge is 0.320 e. The Kier molecular flexibility index (Phi) is 5.26. The van der Waals surface area contributed by atoms with Crippen LogP contribution in [0.3, 0.4) is 0 Å². The van der Waals surface area contributed by atoms with Crippen molar-refractivity contribution in [2.75, 3.05) is 26.2 Å². The molecule has 2 fully saturated rings. The SMILES string of the molecule is CCCN(CC1CC1)C(=O)N1CCC(CC(=O)O)CC1. The van der Waals surface area contributed by atoms with Crippen LogP contribution in [-0.4, -0.2) is 53.1 Å². The van der Waals surface area contributed by atoms with Crippen molar-refractivity contribution in [2.45, 2.75) is 45.4 Å². The van der Waals surface area contributed by atoms with Gasteiger partial charge in [-0.3, -0.25) is 4.79 Å². The fourth-order valence-electron chi connectivity index (χ4n) is 2.92. The number of carboxylic acid groups (broad SMARTS) is 1. The highest BCUT2D eigenvalue weighted by Gasteiger charge is 2.30. The fraction of sp³-hybridized carbons (Fsp3) is 0.867. The fourth-order valence-corrected chi connectivity index (χ4v) is 2.92. The molecule has 0 unspecified atom stereocenters. The predicted molar refractivity (Wildman–Crippen MR) is 76.5 cm³/mol. The second kappa shape index (κ2) is 6.95. The van der Waals surface area contributed by atoms with Crippen LogP contribution in [0.2, 0.25) is 0 Å². The van der Waals surface area contributed by atoms with Crippen LogP contribution < -0.4 is 0 Å². The van der Waals surface area contributed by atoms with Gasteiger partial charge in [-0.05, 0) is 43.9 Å². The van der Waals surface area contributed by atoms with Gasteiger partial charge < -0.3 is 14.9 Å². The van der Waals surface area contributed by atoms with Gasteiger partial charge in [-0.15, -0.1) is 0 Å². The van der Waals surface area contributed by atoms with Crippen LogP contribution in [0.5, 0.6) is 0 Å². The molecule has 1 saturated carbocycles. The molecule has 2 amide bonds. The number of aliphatic carboxylic acids is 1. The maximum Gasteiger partial charge on any atom is 0.320 e. The second-order valence-electron chi connectivity index (χ2n) is 6.20. The maximum absolute atomic E-state index is 12.5.